The number of rotatable bonds is 5. The molecule has 170 valence electrons. The quantitative estimate of drug-likeness (QED) is 0.490. The van der Waals surface area contributed by atoms with Crippen molar-refractivity contribution in [2.75, 3.05) is 26.0 Å². The number of hydrogen-bond donors (Lipinski definition) is 1. The van der Waals surface area contributed by atoms with Gasteiger partial charge in [0, 0.05) is 34.9 Å². The first kappa shape index (κ1) is 23.2. The molecular formula is C26H31Cl2N2O2+. The summed E-state index contributed by atoms with van der Waals surface area (Å²) >= 11 is 12.2. The molecule has 6 heteroatoms. The molecule has 1 aliphatic heterocycles. The molecule has 0 radical (unpaired) electrons. The van der Waals surface area contributed by atoms with Gasteiger partial charge in [-0.05, 0) is 50.0 Å². The van der Waals surface area contributed by atoms with Crippen LogP contribution in [0.15, 0.2) is 42.0 Å². The summed E-state index contributed by atoms with van der Waals surface area (Å²) in [5, 5.41) is 3.91. The number of hydrogen-bond acceptors (Lipinski definition) is 2. The number of ether oxygens (including phenoxy) is 1. The largest absolute Gasteiger partial charge is 0.493 e. The Balaban J connectivity index is 1.42. The first-order chi connectivity index (χ1) is 15.3. The van der Waals surface area contributed by atoms with E-state index < -0.39 is 0 Å². The van der Waals surface area contributed by atoms with Gasteiger partial charge in [0.15, 0.2) is 0 Å². The van der Waals surface area contributed by atoms with Crippen molar-refractivity contribution < 1.29 is 14.0 Å². The second-order valence-corrected chi connectivity index (χ2v) is 10.3. The molecule has 0 bridgehead atoms. The lowest BCUT2D eigenvalue weighted by Crippen LogP contribution is -2.48. The lowest BCUT2D eigenvalue weighted by molar-refractivity contribution is -0.929. The van der Waals surface area contributed by atoms with Gasteiger partial charge in [-0.15, -0.1) is 0 Å². The zero-order valence-electron chi connectivity index (χ0n) is 18.8. The molecule has 32 heavy (non-hydrogen) atoms. The third-order valence-electron chi connectivity index (χ3n) is 6.67. The highest BCUT2D eigenvalue weighted by Crippen LogP contribution is 2.34. The second kappa shape index (κ2) is 9.86. The van der Waals surface area contributed by atoms with Gasteiger partial charge in [-0.1, -0.05) is 41.8 Å². The molecule has 1 aliphatic carbocycles. The van der Waals surface area contributed by atoms with Gasteiger partial charge in [0.25, 0.3) is 5.91 Å². The molecule has 0 spiro atoms. The van der Waals surface area contributed by atoms with Gasteiger partial charge in [0.1, 0.15) is 12.3 Å². The predicted molar refractivity (Wildman–Crippen MR) is 132 cm³/mol. The molecule has 1 fully saturated rings. The fraction of sp³-hybridized carbons (Fsp3) is 0.423. The number of nitrogens with one attached hydrogen (secondary N) is 1. The van der Waals surface area contributed by atoms with Crippen LogP contribution >= 0.6 is 23.2 Å². The minimum Gasteiger partial charge on any atom is -0.493 e. The summed E-state index contributed by atoms with van der Waals surface area (Å²) in [5.41, 5.74) is 3.50. The van der Waals surface area contributed by atoms with E-state index in [-0.39, 0.29) is 5.91 Å². The molecule has 2 aromatic rings. The number of carbonyl (C=O) groups excluding carboxylic acids is 1. The zero-order chi connectivity index (χ0) is 22.7. The molecule has 2 aliphatic rings. The summed E-state index contributed by atoms with van der Waals surface area (Å²) in [5.74, 6) is 0.517. The molecule has 1 heterocycles. The third-order valence-corrected chi connectivity index (χ3v) is 7.39. The topological polar surface area (TPSA) is 38.3 Å². The maximum absolute atomic E-state index is 12.9. The maximum atomic E-state index is 12.9. The third kappa shape index (κ3) is 5.48. The van der Waals surface area contributed by atoms with E-state index in [4.69, 9.17) is 27.9 Å². The monoisotopic (exact) mass is 473 g/mol. The molecule has 1 saturated carbocycles. The minimum atomic E-state index is -0.126. The molecule has 2 aromatic carbocycles. The Morgan fingerprint density at radius 2 is 1.75 bits per heavy atom. The van der Waals surface area contributed by atoms with Crippen molar-refractivity contribution in [2.45, 2.75) is 51.1 Å². The lowest BCUT2D eigenvalue weighted by atomic mass is 9.92. The van der Waals surface area contributed by atoms with E-state index in [1.165, 1.54) is 37.7 Å². The number of amides is 1. The molecular weight excluding hydrogens is 443 g/mol. The average molecular weight is 474 g/mol. The van der Waals surface area contributed by atoms with Crippen LogP contribution in [0.5, 0.6) is 5.75 Å². The summed E-state index contributed by atoms with van der Waals surface area (Å²) in [7, 11) is 4.67. The highest BCUT2D eigenvalue weighted by molar-refractivity contribution is 6.42. The first-order valence-electron chi connectivity index (χ1n) is 11.4. The Kier molecular flexibility index (Phi) is 7.14. The molecule has 4 nitrogen and oxygen atoms in total. The fourth-order valence-corrected chi connectivity index (χ4v) is 5.10. The van der Waals surface area contributed by atoms with Gasteiger partial charge in [-0.25, -0.2) is 0 Å². The first-order valence-corrected chi connectivity index (χ1v) is 12.1. The van der Waals surface area contributed by atoms with E-state index >= 15 is 0 Å². The van der Waals surface area contributed by atoms with Crippen molar-refractivity contribution in [2.24, 2.45) is 0 Å². The van der Waals surface area contributed by atoms with Crippen LogP contribution in [0.3, 0.4) is 0 Å². The van der Waals surface area contributed by atoms with Crippen molar-refractivity contribution in [1.82, 2.24) is 0 Å². The zero-order valence-corrected chi connectivity index (χ0v) is 20.3. The summed E-state index contributed by atoms with van der Waals surface area (Å²) in [6, 6.07) is 12.4. The standard InChI is InChI=1S/C26H30Cl2N2O2/c1-30(2,22-6-4-3-5-7-22)17-18-8-10-21(11-9-18)29-26(31)19-12-13-32-25-16-24(28)23(27)15-20(25)14-19/h8-11,14-16,22H,3-7,12-13,17H2,1-2H3/p+1. The highest BCUT2D eigenvalue weighted by Gasteiger charge is 2.29. The van der Waals surface area contributed by atoms with E-state index in [1.54, 1.807) is 12.1 Å². The van der Waals surface area contributed by atoms with Gasteiger partial charge < -0.3 is 14.5 Å². The number of quaternary nitrogens is 1. The fourth-order valence-electron chi connectivity index (χ4n) is 4.78. The van der Waals surface area contributed by atoms with Crippen molar-refractivity contribution in [3.63, 3.8) is 0 Å². The Morgan fingerprint density at radius 1 is 1.06 bits per heavy atom. The summed E-state index contributed by atoms with van der Waals surface area (Å²) in [6.07, 6.45) is 9.06. The number of anilines is 1. The van der Waals surface area contributed by atoms with E-state index in [0.717, 1.165) is 28.3 Å². The normalized spacial score (nSPS) is 17.1. The SMILES string of the molecule is C[N+](C)(Cc1ccc(NC(=O)C2=Cc3cc(Cl)c(Cl)cc3OCC2)cc1)C1CCCCC1. The van der Waals surface area contributed by atoms with Crippen LogP contribution < -0.4 is 10.1 Å². The Morgan fingerprint density at radius 3 is 2.47 bits per heavy atom. The Bertz CT molecular complexity index is 1010. The number of carbonyl (C=O) groups is 1. The van der Waals surface area contributed by atoms with E-state index in [9.17, 15) is 4.79 Å². The number of benzene rings is 2. The van der Waals surface area contributed by atoms with E-state index in [2.05, 4.69) is 31.5 Å². The van der Waals surface area contributed by atoms with Crippen LogP contribution in [0.2, 0.25) is 10.0 Å². The lowest BCUT2D eigenvalue weighted by Gasteiger charge is -2.40. The van der Waals surface area contributed by atoms with Crippen LogP contribution in [-0.4, -0.2) is 37.1 Å². The van der Waals surface area contributed by atoms with Crippen molar-refractivity contribution >= 4 is 40.9 Å². The van der Waals surface area contributed by atoms with Crippen molar-refractivity contribution in [1.29, 1.82) is 0 Å². The van der Waals surface area contributed by atoms with Crippen molar-refractivity contribution in [3.05, 3.63) is 63.1 Å². The van der Waals surface area contributed by atoms with Gasteiger partial charge in [-0.2, -0.15) is 0 Å². The summed E-state index contributed by atoms with van der Waals surface area (Å²) in [4.78, 5) is 12.9. The number of nitrogens with zero attached hydrogens (tertiary/aromatic N) is 1. The van der Waals surface area contributed by atoms with Crippen LogP contribution in [-0.2, 0) is 11.3 Å². The molecule has 1 N–H and O–H groups in total. The maximum Gasteiger partial charge on any atom is 0.251 e. The van der Waals surface area contributed by atoms with Gasteiger partial charge in [-0.3, -0.25) is 4.79 Å². The Labute approximate surface area is 200 Å². The highest BCUT2D eigenvalue weighted by atomic mass is 35.5. The van der Waals surface area contributed by atoms with Crippen LogP contribution in [0.1, 0.15) is 49.7 Å². The predicted octanol–water partition coefficient (Wildman–Crippen LogP) is 6.71. The van der Waals surface area contributed by atoms with Crippen LogP contribution in [0, 0.1) is 0 Å². The molecule has 1 amide bonds. The molecule has 4 rings (SSSR count). The Hall–Kier alpha value is -2.01. The van der Waals surface area contributed by atoms with Crippen LogP contribution in [0.25, 0.3) is 6.08 Å². The van der Waals surface area contributed by atoms with Crippen molar-refractivity contribution in [3.8, 4) is 5.75 Å². The van der Waals surface area contributed by atoms with E-state index in [0.29, 0.717) is 34.4 Å². The summed E-state index contributed by atoms with van der Waals surface area (Å²) < 4.78 is 6.77. The summed E-state index contributed by atoms with van der Waals surface area (Å²) in [6.45, 7) is 1.42. The second-order valence-electron chi connectivity index (χ2n) is 9.45. The van der Waals surface area contributed by atoms with E-state index in [1.807, 2.05) is 18.2 Å². The van der Waals surface area contributed by atoms with Gasteiger partial charge >= 0.3 is 0 Å². The smallest absolute Gasteiger partial charge is 0.251 e. The minimum absolute atomic E-state index is 0.126. The number of fused-ring (bicyclic) bond motifs is 1. The average Bonchev–Trinajstić information content (AvgIpc) is 2.98. The van der Waals surface area contributed by atoms with Gasteiger partial charge in [0.2, 0.25) is 0 Å². The van der Waals surface area contributed by atoms with Gasteiger partial charge in [0.05, 0.1) is 36.8 Å². The molecule has 0 unspecified atom stereocenters. The molecule has 0 saturated heterocycles. The van der Waals surface area contributed by atoms with Crippen LogP contribution in [0.4, 0.5) is 5.69 Å². The molecule has 0 aromatic heterocycles. The number of halogens is 2. The molecule has 0 atom stereocenters.